The van der Waals surface area contributed by atoms with E-state index in [2.05, 4.69) is 5.32 Å². The number of carboxylic acid groups (broad SMARTS) is 2. The number of aliphatic hydroxyl groups excluding tert-OH is 1. The lowest BCUT2D eigenvalue weighted by molar-refractivity contribution is -0.140. The van der Waals surface area contributed by atoms with E-state index in [4.69, 9.17) is 26.8 Å². The van der Waals surface area contributed by atoms with Crippen molar-refractivity contribution in [3.63, 3.8) is 0 Å². The monoisotopic (exact) mass is 307 g/mol. The number of hydrogen-bond donors (Lipinski definition) is 6. The molecule has 0 aliphatic carbocycles. The van der Waals surface area contributed by atoms with Gasteiger partial charge in [0, 0.05) is 13.0 Å². The summed E-state index contributed by atoms with van der Waals surface area (Å²) >= 11 is 0. The summed E-state index contributed by atoms with van der Waals surface area (Å²) in [6.07, 6.45) is 1.29. The van der Waals surface area contributed by atoms with Gasteiger partial charge < -0.3 is 32.1 Å². The standard InChI is InChI=1S/C7H15NO3.C5H10N2O3/c1-2-4-8-6(3-5-9)7(10)11;6-3(5(9)10)1-2-4(7)8/h6,8-9H,2-5H2,1H3,(H,10,11);3H,1-2,6H2,(H2,7,8)(H,9,10)/t6-;3-/m00/s1. The smallest absolute Gasteiger partial charge is 0.320 e. The first-order chi connectivity index (χ1) is 9.76. The molecule has 0 aliphatic rings. The summed E-state index contributed by atoms with van der Waals surface area (Å²) < 4.78 is 0. The second kappa shape index (κ2) is 13.3. The lowest BCUT2D eigenvalue weighted by atomic mass is 10.2. The van der Waals surface area contributed by atoms with Gasteiger partial charge in [0.15, 0.2) is 0 Å². The van der Waals surface area contributed by atoms with Crippen molar-refractivity contribution in [2.75, 3.05) is 13.2 Å². The predicted octanol–water partition coefficient (Wildman–Crippen LogP) is -1.51. The fourth-order valence-electron chi connectivity index (χ4n) is 1.18. The summed E-state index contributed by atoms with van der Waals surface area (Å²) in [4.78, 5) is 30.6. The van der Waals surface area contributed by atoms with Gasteiger partial charge in [-0.25, -0.2) is 0 Å². The van der Waals surface area contributed by atoms with Crippen LogP contribution in [0.4, 0.5) is 0 Å². The van der Waals surface area contributed by atoms with E-state index in [-0.39, 0.29) is 25.9 Å². The van der Waals surface area contributed by atoms with Crippen molar-refractivity contribution in [1.82, 2.24) is 5.32 Å². The molecule has 0 fully saturated rings. The van der Waals surface area contributed by atoms with Crippen molar-refractivity contribution in [3.05, 3.63) is 0 Å². The highest BCUT2D eigenvalue weighted by atomic mass is 16.4. The van der Waals surface area contributed by atoms with Crippen molar-refractivity contribution in [2.24, 2.45) is 11.5 Å². The van der Waals surface area contributed by atoms with Crippen LogP contribution < -0.4 is 16.8 Å². The normalized spacial score (nSPS) is 12.7. The molecule has 0 saturated heterocycles. The van der Waals surface area contributed by atoms with Gasteiger partial charge in [0.25, 0.3) is 0 Å². The van der Waals surface area contributed by atoms with Crippen LogP contribution in [0, 0.1) is 0 Å². The molecule has 0 aromatic rings. The average molecular weight is 307 g/mol. The van der Waals surface area contributed by atoms with Gasteiger partial charge in [-0.2, -0.15) is 0 Å². The number of carbonyl (C=O) groups excluding carboxylic acids is 1. The molecule has 0 aromatic carbocycles. The van der Waals surface area contributed by atoms with Crippen molar-refractivity contribution >= 4 is 17.8 Å². The number of rotatable bonds is 10. The lowest BCUT2D eigenvalue weighted by Crippen LogP contribution is -2.37. The van der Waals surface area contributed by atoms with Crippen LogP contribution in [0.3, 0.4) is 0 Å². The van der Waals surface area contributed by atoms with Crippen molar-refractivity contribution in [3.8, 4) is 0 Å². The van der Waals surface area contributed by atoms with Crippen LogP contribution in [0.25, 0.3) is 0 Å². The van der Waals surface area contributed by atoms with Gasteiger partial charge in [-0.05, 0) is 25.8 Å². The number of hydrogen-bond acceptors (Lipinski definition) is 6. The molecule has 0 bridgehead atoms. The Morgan fingerprint density at radius 3 is 2.05 bits per heavy atom. The maximum Gasteiger partial charge on any atom is 0.320 e. The third-order valence-corrected chi connectivity index (χ3v) is 2.38. The van der Waals surface area contributed by atoms with Crippen LogP contribution >= 0.6 is 0 Å². The number of primary amides is 1. The Labute approximate surface area is 123 Å². The van der Waals surface area contributed by atoms with E-state index in [1.165, 1.54) is 0 Å². The molecule has 0 unspecified atom stereocenters. The molecule has 2 atom stereocenters. The average Bonchev–Trinajstić information content (AvgIpc) is 2.40. The molecule has 0 saturated carbocycles. The minimum atomic E-state index is -1.11. The van der Waals surface area contributed by atoms with Gasteiger partial charge in [0.1, 0.15) is 12.1 Å². The van der Waals surface area contributed by atoms with Crippen LogP contribution in [-0.2, 0) is 14.4 Å². The molecule has 9 heteroatoms. The summed E-state index contributed by atoms with van der Waals surface area (Å²) in [7, 11) is 0. The van der Waals surface area contributed by atoms with Crippen molar-refractivity contribution < 1.29 is 29.7 Å². The molecule has 1 amide bonds. The Kier molecular flexibility index (Phi) is 13.7. The second-order valence-corrected chi connectivity index (χ2v) is 4.31. The minimum absolute atomic E-state index is 0.0213. The zero-order chi connectivity index (χ0) is 16.8. The zero-order valence-electron chi connectivity index (χ0n) is 12.1. The Morgan fingerprint density at radius 1 is 1.14 bits per heavy atom. The molecule has 21 heavy (non-hydrogen) atoms. The van der Waals surface area contributed by atoms with E-state index >= 15 is 0 Å². The first kappa shape index (κ1) is 21.6. The van der Waals surface area contributed by atoms with E-state index in [1.807, 2.05) is 6.92 Å². The topological polar surface area (TPSA) is 176 Å². The van der Waals surface area contributed by atoms with E-state index in [0.29, 0.717) is 6.54 Å². The predicted molar refractivity (Wildman–Crippen MR) is 75.5 cm³/mol. The van der Waals surface area contributed by atoms with Crippen molar-refractivity contribution in [1.29, 1.82) is 0 Å². The van der Waals surface area contributed by atoms with E-state index in [9.17, 15) is 14.4 Å². The molecule has 0 rings (SSSR count). The van der Waals surface area contributed by atoms with Crippen LogP contribution in [0.15, 0.2) is 0 Å². The SMILES string of the molecule is CCCN[C@@H](CCO)C(=O)O.NC(=O)CC[C@H](N)C(=O)O. The Hall–Kier alpha value is -1.71. The summed E-state index contributed by atoms with van der Waals surface area (Å²) in [5, 5.41) is 28.1. The Balaban J connectivity index is 0. The van der Waals surface area contributed by atoms with Gasteiger partial charge >= 0.3 is 11.9 Å². The molecule has 124 valence electrons. The first-order valence-corrected chi connectivity index (χ1v) is 6.59. The third-order valence-electron chi connectivity index (χ3n) is 2.38. The van der Waals surface area contributed by atoms with Crippen LogP contribution in [0.1, 0.15) is 32.6 Å². The van der Waals surface area contributed by atoms with Crippen LogP contribution in [0.5, 0.6) is 0 Å². The number of amides is 1. The van der Waals surface area contributed by atoms with E-state index in [0.717, 1.165) is 6.42 Å². The third kappa shape index (κ3) is 14.5. The number of aliphatic hydroxyl groups is 1. The zero-order valence-corrected chi connectivity index (χ0v) is 12.1. The molecule has 0 spiro atoms. The highest BCUT2D eigenvalue weighted by Gasteiger charge is 2.14. The van der Waals surface area contributed by atoms with E-state index in [1.54, 1.807) is 0 Å². The quantitative estimate of drug-likeness (QED) is 0.282. The van der Waals surface area contributed by atoms with Gasteiger partial charge in [-0.3, -0.25) is 14.4 Å². The molecular weight excluding hydrogens is 282 g/mol. The molecule has 9 nitrogen and oxygen atoms in total. The Morgan fingerprint density at radius 2 is 1.71 bits per heavy atom. The van der Waals surface area contributed by atoms with Gasteiger partial charge in [0.2, 0.25) is 5.91 Å². The fraction of sp³-hybridized carbons (Fsp3) is 0.750. The second-order valence-electron chi connectivity index (χ2n) is 4.31. The summed E-state index contributed by atoms with van der Waals surface area (Å²) in [5.74, 6) is -2.54. The number of carbonyl (C=O) groups is 3. The van der Waals surface area contributed by atoms with Gasteiger partial charge in [-0.1, -0.05) is 6.92 Å². The van der Waals surface area contributed by atoms with Gasteiger partial charge in [0.05, 0.1) is 0 Å². The molecule has 8 N–H and O–H groups in total. The number of nitrogens with one attached hydrogen (secondary N) is 1. The van der Waals surface area contributed by atoms with Crippen LogP contribution in [0.2, 0.25) is 0 Å². The molecule has 0 heterocycles. The first-order valence-electron chi connectivity index (χ1n) is 6.59. The summed E-state index contributed by atoms with van der Waals surface area (Å²) in [5.41, 5.74) is 9.81. The molecular formula is C12H25N3O6. The number of nitrogens with two attached hydrogens (primary N) is 2. The summed E-state index contributed by atoms with van der Waals surface area (Å²) in [6.45, 7) is 2.55. The fourth-order valence-corrected chi connectivity index (χ4v) is 1.18. The number of aliphatic carboxylic acids is 2. The molecule has 0 aliphatic heterocycles. The molecule has 0 radical (unpaired) electrons. The summed E-state index contributed by atoms with van der Waals surface area (Å²) in [6, 6.07) is -1.58. The minimum Gasteiger partial charge on any atom is -0.480 e. The van der Waals surface area contributed by atoms with E-state index < -0.39 is 29.9 Å². The maximum absolute atomic E-state index is 10.4. The van der Waals surface area contributed by atoms with Crippen LogP contribution in [-0.4, -0.2) is 58.4 Å². The molecule has 0 aromatic heterocycles. The number of carboxylic acids is 2. The maximum atomic E-state index is 10.4. The largest absolute Gasteiger partial charge is 0.480 e. The highest BCUT2D eigenvalue weighted by molar-refractivity contribution is 5.77. The van der Waals surface area contributed by atoms with Crippen molar-refractivity contribution in [2.45, 2.75) is 44.7 Å². The lowest BCUT2D eigenvalue weighted by Gasteiger charge is -2.11. The van der Waals surface area contributed by atoms with Gasteiger partial charge in [-0.15, -0.1) is 0 Å². The Bertz CT molecular complexity index is 324. The highest BCUT2D eigenvalue weighted by Crippen LogP contribution is 1.92.